The maximum Gasteiger partial charge on any atom is 0.237 e. The third-order valence-corrected chi connectivity index (χ3v) is 2.84. The van der Waals surface area contributed by atoms with E-state index >= 15 is 0 Å². The summed E-state index contributed by atoms with van der Waals surface area (Å²) < 4.78 is 0. The van der Waals surface area contributed by atoms with Gasteiger partial charge in [0.15, 0.2) is 5.78 Å². The highest BCUT2D eigenvalue weighted by Crippen LogP contribution is 2.20. The molecular formula is C13H10N4O2. The van der Waals surface area contributed by atoms with Crippen LogP contribution in [-0.4, -0.2) is 33.2 Å². The zero-order valence-corrected chi connectivity index (χ0v) is 9.98. The van der Waals surface area contributed by atoms with Crippen molar-refractivity contribution in [3.63, 3.8) is 0 Å². The highest BCUT2D eigenvalue weighted by molar-refractivity contribution is 6.14. The molecule has 1 aliphatic rings. The molecule has 0 atom stereocenters. The van der Waals surface area contributed by atoms with Crippen molar-refractivity contribution in [2.24, 2.45) is 0 Å². The smallest absolute Gasteiger partial charge is 0.237 e. The van der Waals surface area contributed by atoms with Crippen molar-refractivity contribution in [1.29, 1.82) is 0 Å². The Balaban J connectivity index is 1.97. The monoisotopic (exact) mass is 254 g/mol. The van der Waals surface area contributed by atoms with Gasteiger partial charge in [0.1, 0.15) is 0 Å². The Morgan fingerprint density at radius 2 is 1.84 bits per heavy atom. The number of hydrogen-bond donors (Lipinski definition) is 0. The molecule has 3 rings (SSSR count). The molecule has 2 aromatic heterocycles. The van der Waals surface area contributed by atoms with Gasteiger partial charge in [0.2, 0.25) is 11.9 Å². The lowest BCUT2D eigenvalue weighted by atomic mass is 10.2. The predicted octanol–water partition coefficient (Wildman–Crippen LogP) is 0.844. The third-order valence-electron chi connectivity index (χ3n) is 2.84. The van der Waals surface area contributed by atoms with Crippen molar-refractivity contribution in [2.45, 2.75) is 6.42 Å². The number of anilines is 1. The van der Waals surface area contributed by atoms with Crippen molar-refractivity contribution in [3.05, 3.63) is 36.8 Å². The van der Waals surface area contributed by atoms with Crippen LogP contribution in [0.25, 0.3) is 11.3 Å². The van der Waals surface area contributed by atoms with Gasteiger partial charge in [-0.05, 0) is 18.2 Å². The SMILES string of the molecule is O=C1CC(=O)N(c2nccc(-c3ccncc3)n2)C1. The highest BCUT2D eigenvalue weighted by atomic mass is 16.2. The van der Waals surface area contributed by atoms with Crippen LogP contribution in [0.2, 0.25) is 0 Å². The maximum atomic E-state index is 11.6. The van der Waals surface area contributed by atoms with Gasteiger partial charge in [0, 0.05) is 24.2 Å². The number of Topliss-reactive ketones (excluding diaryl/α,β-unsaturated/α-hetero) is 1. The van der Waals surface area contributed by atoms with E-state index < -0.39 is 0 Å². The molecule has 94 valence electrons. The van der Waals surface area contributed by atoms with E-state index in [0.717, 1.165) is 5.56 Å². The lowest BCUT2D eigenvalue weighted by Crippen LogP contribution is -2.26. The van der Waals surface area contributed by atoms with Gasteiger partial charge >= 0.3 is 0 Å². The van der Waals surface area contributed by atoms with Gasteiger partial charge in [-0.3, -0.25) is 19.5 Å². The summed E-state index contributed by atoms with van der Waals surface area (Å²) in [5.74, 6) is -0.0926. The second-order valence-electron chi connectivity index (χ2n) is 4.17. The Morgan fingerprint density at radius 1 is 1.05 bits per heavy atom. The fourth-order valence-electron chi connectivity index (χ4n) is 1.93. The summed E-state index contributed by atoms with van der Waals surface area (Å²) in [6.45, 7) is 0.0542. The molecule has 0 aromatic carbocycles. The summed E-state index contributed by atoms with van der Waals surface area (Å²) in [5.41, 5.74) is 1.58. The first-order chi connectivity index (χ1) is 9.24. The minimum atomic E-state index is -0.253. The van der Waals surface area contributed by atoms with E-state index in [-0.39, 0.29) is 30.6 Å². The zero-order valence-electron chi connectivity index (χ0n) is 9.98. The van der Waals surface area contributed by atoms with Crippen LogP contribution in [0.15, 0.2) is 36.8 Å². The lowest BCUT2D eigenvalue weighted by Gasteiger charge is -2.12. The van der Waals surface area contributed by atoms with Crippen molar-refractivity contribution >= 4 is 17.6 Å². The van der Waals surface area contributed by atoms with Crippen LogP contribution < -0.4 is 4.90 Å². The number of pyridine rings is 1. The molecular weight excluding hydrogens is 244 g/mol. The predicted molar refractivity (Wildman–Crippen MR) is 67.2 cm³/mol. The number of nitrogens with zero attached hydrogens (tertiary/aromatic N) is 4. The molecule has 0 aliphatic carbocycles. The summed E-state index contributed by atoms with van der Waals surface area (Å²) in [4.78, 5) is 36.5. The maximum absolute atomic E-state index is 11.6. The number of carbonyl (C=O) groups excluding carboxylic acids is 2. The quantitative estimate of drug-likeness (QED) is 0.742. The Kier molecular flexibility index (Phi) is 2.75. The van der Waals surface area contributed by atoms with Gasteiger partial charge in [0.25, 0.3) is 0 Å². The Labute approximate surface area is 109 Å². The number of rotatable bonds is 2. The summed E-state index contributed by atoms with van der Waals surface area (Å²) in [7, 11) is 0. The molecule has 6 nitrogen and oxygen atoms in total. The molecule has 6 heteroatoms. The zero-order chi connectivity index (χ0) is 13.2. The number of carbonyl (C=O) groups is 2. The third kappa shape index (κ3) is 2.20. The van der Waals surface area contributed by atoms with Crippen molar-refractivity contribution < 1.29 is 9.59 Å². The second kappa shape index (κ2) is 4.56. The van der Waals surface area contributed by atoms with Crippen molar-refractivity contribution in [1.82, 2.24) is 15.0 Å². The molecule has 0 bridgehead atoms. The molecule has 0 unspecified atom stereocenters. The standard InChI is InChI=1S/C13H10N4O2/c18-10-7-12(19)17(8-10)13-15-6-3-11(16-13)9-1-4-14-5-2-9/h1-6H,7-8H2. The number of hydrogen-bond acceptors (Lipinski definition) is 5. The largest absolute Gasteiger partial charge is 0.297 e. The Bertz CT molecular complexity index is 642. The van der Waals surface area contributed by atoms with Gasteiger partial charge in [0.05, 0.1) is 18.7 Å². The normalized spacial score (nSPS) is 15.1. The van der Waals surface area contributed by atoms with E-state index in [0.29, 0.717) is 5.69 Å². The minimum Gasteiger partial charge on any atom is -0.297 e. The highest BCUT2D eigenvalue weighted by Gasteiger charge is 2.30. The molecule has 0 N–H and O–H groups in total. The number of ketones is 1. The summed E-state index contributed by atoms with van der Waals surface area (Å²) in [6.07, 6.45) is 4.85. The van der Waals surface area contributed by atoms with Crippen LogP contribution in [0.5, 0.6) is 0 Å². The van der Waals surface area contributed by atoms with Crippen LogP contribution in [0.1, 0.15) is 6.42 Å². The first-order valence-electron chi connectivity index (χ1n) is 5.79. The molecule has 19 heavy (non-hydrogen) atoms. The van der Waals surface area contributed by atoms with E-state index in [1.54, 1.807) is 24.7 Å². The van der Waals surface area contributed by atoms with E-state index in [9.17, 15) is 9.59 Å². The topological polar surface area (TPSA) is 76.1 Å². The molecule has 1 fully saturated rings. The summed E-state index contributed by atoms with van der Waals surface area (Å²) >= 11 is 0. The van der Waals surface area contributed by atoms with Crippen LogP contribution in [0, 0.1) is 0 Å². The molecule has 3 heterocycles. The van der Waals surface area contributed by atoms with Gasteiger partial charge in [-0.15, -0.1) is 0 Å². The average Bonchev–Trinajstić information content (AvgIpc) is 2.79. The van der Waals surface area contributed by atoms with Gasteiger partial charge in [-0.25, -0.2) is 9.97 Å². The Morgan fingerprint density at radius 3 is 2.53 bits per heavy atom. The van der Waals surface area contributed by atoms with E-state index in [1.807, 2.05) is 12.1 Å². The van der Waals surface area contributed by atoms with E-state index in [2.05, 4.69) is 15.0 Å². The lowest BCUT2D eigenvalue weighted by molar-refractivity contribution is -0.121. The van der Waals surface area contributed by atoms with Crippen LogP contribution in [0.4, 0.5) is 5.95 Å². The fraction of sp³-hybridized carbons (Fsp3) is 0.154. The van der Waals surface area contributed by atoms with Gasteiger partial charge < -0.3 is 0 Å². The fourth-order valence-corrected chi connectivity index (χ4v) is 1.93. The van der Waals surface area contributed by atoms with Crippen molar-refractivity contribution in [2.75, 3.05) is 11.4 Å². The van der Waals surface area contributed by atoms with E-state index in [4.69, 9.17) is 0 Å². The number of amides is 1. The molecule has 1 aliphatic heterocycles. The van der Waals surface area contributed by atoms with Crippen LogP contribution in [0.3, 0.4) is 0 Å². The molecule has 0 spiro atoms. The Hall–Kier alpha value is -2.63. The minimum absolute atomic E-state index is 0.0542. The first kappa shape index (κ1) is 11.5. The molecule has 1 saturated heterocycles. The second-order valence-corrected chi connectivity index (χ2v) is 4.17. The van der Waals surface area contributed by atoms with Gasteiger partial charge in [-0.1, -0.05) is 0 Å². The average molecular weight is 254 g/mol. The van der Waals surface area contributed by atoms with Crippen LogP contribution in [-0.2, 0) is 9.59 Å². The van der Waals surface area contributed by atoms with Crippen molar-refractivity contribution in [3.8, 4) is 11.3 Å². The van der Waals surface area contributed by atoms with Crippen LogP contribution >= 0.6 is 0 Å². The molecule has 0 saturated carbocycles. The summed E-state index contributed by atoms with van der Waals surface area (Å²) in [6, 6.07) is 5.40. The van der Waals surface area contributed by atoms with Gasteiger partial charge in [-0.2, -0.15) is 0 Å². The van der Waals surface area contributed by atoms with E-state index in [1.165, 1.54) is 4.90 Å². The number of aromatic nitrogens is 3. The first-order valence-corrected chi connectivity index (χ1v) is 5.79. The summed E-state index contributed by atoms with van der Waals surface area (Å²) in [5, 5.41) is 0. The molecule has 0 radical (unpaired) electrons. The molecule has 1 amide bonds. The molecule has 2 aromatic rings.